The molecule has 0 unspecified atom stereocenters. The molecular weight excluding hydrogens is 512 g/mol. The Balaban J connectivity index is 1.35. The minimum atomic E-state index is -3.29. The van der Waals surface area contributed by atoms with Crippen LogP contribution in [0.25, 0.3) is 17.2 Å². The SMILES string of the molecule is O=C(O)/C=C/c1cccc(NC(=O)C2(Cc3ccc(-c4ccc5c(c4)S(=O)(=O)CCN5)cc3)CCCCC2)c1. The van der Waals surface area contributed by atoms with Gasteiger partial charge in [0, 0.05) is 18.3 Å². The molecule has 0 spiro atoms. The van der Waals surface area contributed by atoms with Crippen molar-refractivity contribution in [3.8, 4) is 11.1 Å². The predicted octanol–water partition coefficient (Wildman–Crippen LogP) is 5.78. The monoisotopic (exact) mass is 544 g/mol. The van der Waals surface area contributed by atoms with Crippen molar-refractivity contribution in [2.45, 2.75) is 43.4 Å². The van der Waals surface area contributed by atoms with Gasteiger partial charge in [-0.25, -0.2) is 13.2 Å². The van der Waals surface area contributed by atoms with Crippen LogP contribution in [0.1, 0.15) is 43.2 Å². The molecule has 1 saturated carbocycles. The number of carbonyl (C=O) groups excluding carboxylic acids is 1. The molecule has 0 atom stereocenters. The smallest absolute Gasteiger partial charge is 0.328 e. The van der Waals surface area contributed by atoms with Gasteiger partial charge in [0.2, 0.25) is 5.91 Å². The lowest BCUT2D eigenvalue weighted by Gasteiger charge is -2.36. The lowest BCUT2D eigenvalue weighted by Crippen LogP contribution is -2.40. The number of fused-ring (bicyclic) bond motifs is 1. The molecule has 1 aliphatic heterocycles. The molecular formula is C31H32N2O5S. The number of aliphatic carboxylic acids is 1. The van der Waals surface area contributed by atoms with Crippen molar-refractivity contribution in [1.29, 1.82) is 0 Å². The lowest BCUT2D eigenvalue weighted by atomic mass is 9.69. The average Bonchev–Trinajstić information content (AvgIpc) is 2.93. The van der Waals surface area contributed by atoms with E-state index in [9.17, 15) is 18.0 Å². The molecule has 1 aliphatic carbocycles. The van der Waals surface area contributed by atoms with Gasteiger partial charge in [-0.15, -0.1) is 0 Å². The molecule has 3 aromatic carbocycles. The largest absolute Gasteiger partial charge is 0.478 e. The third-order valence-electron chi connectivity index (χ3n) is 7.69. The molecule has 7 nitrogen and oxygen atoms in total. The Hall–Kier alpha value is -3.91. The van der Waals surface area contributed by atoms with Crippen molar-refractivity contribution in [3.63, 3.8) is 0 Å². The second-order valence-corrected chi connectivity index (χ2v) is 12.5. The Morgan fingerprint density at radius 2 is 1.69 bits per heavy atom. The molecule has 0 bridgehead atoms. The maximum Gasteiger partial charge on any atom is 0.328 e. The Morgan fingerprint density at radius 3 is 2.44 bits per heavy atom. The van der Waals surface area contributed by atoms with E-state index in [1.807, 2.05) is 42.5 Å². The van der Waals surface area contributed by atoms with Crippen LogP contribution in [0.5, 0.6) is 0 Å². The summed E-state index contributed by atoms with van der Waals surface area (Å²) in [6.07, 6.45) is 7.89. The normalized spacial score (nSPS) is 17.6. The first-order valence-corrected chi connectivity index (χ1v) is 14.9. The van der Waals surface area contributed by atoms with Crippen LogP contribution < -0.4 is 10.6 Å². The second kappa shape index (κ2) is 11.1. The number of carboxylic acid groups (broad SMARTS) is 1. The van der Waals surface area contributed by atoms with Crippen LogP contribution in [0.4, 0.5) is 11.4 Å². The summed E-state index contributed by atoms with van der Waals surface area (Å²) in [4.78, 5) is 24.9. The van der Waals surface area contributed by atoms with Gasteiger partial charge in [-0.05, 0) is 71.9 Å². The molecule has 3 aromatic rings. The number of hydrogen-bond donors (Lipinski definition) is 3. The third-order valence-corrected chi connectivity index (χ3v) is 9.44. The summed E-state index contributed by atoms with van der Waals surface area (Å²) >= 11 is 0. The fourth-order valence-electron chi connectivity index (χ4n) is 5.61. The molecule has 5 rings (SSSR count). The zero-order valence-electron chi connectivity index (χ0n) is 21.7. The van der Waals surface area contributed by atoms with Gasteiger partial charge in [0.25, 0.3) is 0 Å². The van der Waals surface area contributed by atoms with E-state index in [1.165, 1.54) is 6.08 Å². The van der Waals surface area contributed by atoms with Crippen LogP contribution in [0.3, 0.4) is 0 Å². The van der Waals surface area contributed by atoms with Gasteiger partial charge in [0.15, 0.2) is 9.84 Å². The summed E-state index contributed by atoms with van der Waals surface area (Å²) < 4.78 is 25.1. The second-order valence-electron chi connectivity index (χ2n) is 10.4. The average molecular weight is 545 g/mol. The zero-order chi connectivity index (χ0) is 27.5. The molecule has 0 radical (unpaired) electrons. The summed E-state index contributed by atoms with van der Waals surface area (Å²) in [5.41, 5.74) is 4.29. The molecule has 3 N–H and O–H groups in total. The molecule has 1 fully saturated rings. The molecule has 0 aromatic heterocycles. The number of carboxylic acids is 1. The van der Waals surface area contributed by atoms with E-state index in [1.54, 1.807) is 24.3 Å². The van der Waals surface area contributed by atoms with Crippen molar-refractivity contribution >= 4 is 39.2 Å². The van der Waals surface area contributed by atoms with E-state index in [-0.39, 0.29) is 11.7 Å². The van der Waals surface area contributed by atoms with E-state index in [4.69, 9.17) is 5.11 Å². The quantitative estimate of drug-likeness (QED) is 0.325. The number of anilines is 2. The van der Waals surface area contributed by atoms with E-state index in [2.05, 4.69) is 10.6 Å². The van der Waals surface area contributed by atoms with Gasteiger partial charge < -0.3 is 15.7 Å². The zero-order valence-corrected chi connectivity index (χ0v) is 22.5. The molecule has 39 heavy (non-hydrogen) atoms. The highest BCUT2D eigenvalue weighted by atomic mass is 32.2. The minimum Gasteiger partial charge on any atom is -0.478 e. The van der Waals surface area contributed by atoms with Crippen molar-refractivity contribution in [1.82, 2.24) is 0 Å². The van der Waals surface area contributed by atoms with Gasteiger partial charge in [-0.2, -0.15) is 0 Å². The highest BCUT2D eigenvalue weighted by Gasteiger charge is 2.39. The first kappa shape index (κ1) is 26.7. The standard InChI is InChI=1S/C31H32N2O5S/c34-29(35)14-9-22-5-4-6-26(19-22)33-30(36)31(15-2-1-3-16-31)21-23-7-10-24(11-8-23)25-12-13-27-28(20-25)39(37,38)18-17-32-27/h4-14,19-20,32H,1-3,15-18,21H2,(H,33,36)(H,34,35)/b14-9+. The molecule has 1 heterocycles. The van der Waals surface area contributed by atoms with Crippen LogP contribution in [-0.2, 0) is 25.8 Å². The number of rotatable bonds is 7. The van der Waals surface area contributed by atoms with Crippen molar-refractivity contribution < 1.29 is 23.1 Å². The molecule has 2 aliphatic rings. The Morgan fingerprint density at radius 1 is 0.949 bits per heavy atom. The first-order chi connectivity index (χ1) is 18.7. The number of benzene rings is 3. The fraction of sp³-hybridized carbons (Fsp3) is 0.290. The summed E-state index contributed by atoms with van der Waals surface area (Å²) in [5.74, 6) is -0.945. The van der Waals surface area contributed by atoms with Crippen molar-refractivity contribution in [3.05, 3.63) is 83.9 Å². The van der Waals surface area contributed by atoms with Crippen molar-refractivity contribution in [2.75, 3.05) is 22.9 Å². The van der Waals surface area contributed by atoms with Crippen LogP contribution >= 0.6 is 0 Å². The highest BCUT2D eigenvalue weighted by Crippen LogP contribution is 2.41. The fourth-order valence-corrected chi connectivity index (χ4v) is 6.98. The van der Waals surface area contributed by atoms with Crippen LogP contribution in [-0.4, -0.2) is 37.7 Å². The van der Waals surface area contributed by atoms with Gasteiger partial charge in [0.05, 0.1) is 21.8 Å². The van der Waals surface area contributed by atoms with Crippen LogP contribution in [0.2, 0.25) is 0 Å². The summed E-state index contributed by atoms with van der Waals surface area (Å²) in [6, 6.07) is 20.7. The third kappa shape index (κ3) is 6.06. The number of carbonyl (C=O) groups is 2. The van der Waals surface area contributed by atoms with E-state index < -0.39 is 21.2 Å². The highest BCUT2D eigenvalue weighted by molar-refractivity contribution is 7.91. The lowest BCUT2D eigenvalue weighted by molar-refractivity contribution is -0.131. The molecule has 1 amide bonds. The maximum atomic E-state index is 13.7. The van der Waals surface area contributed by atoms with Crippen molar-refractivity contribution in [2.24, 2.45) is 5.41 Å². The molecule has 202 valence electrons. The van der Waals surface area contributed by atoms with Gasteiger partial charge in [0.1, 0.15) is 0 Å². The summed E-state index contributed by atoms with van der Waals surface area (Å²) in [6.45, 7) is 0.423. The number of amides is 1. The topological polar surface area (TPSA) is 113 Å². The van der Waals surface area contributed by atoms with Crippen LogP contribution in [0, 0.1) is 5.41 Å². The first-order valence-electron chi connectivity index (χ1n) is 13.3. The summed E-state index contributed by atoms with van der Waals surface area (Å²) in [7, 11) is -3.29. The van der Waals surface area contributed by atoms with Gasteiger partial charge >= 0.3 is 5.97 Å². The predicted molar refractivity (Wildman–Crippen MR) is 153 cm³/mol. The van der Waals surface area contributed by atoms with Crippen LogP contribution in [0.15, 0.2) is 77.7 Å². The number of sulfone groups is 1. The Labute approximate surface area is 228 Å². The van der Waals surface area contributed by atoms with Gasteiger partial charge in [-0.1, -0.05) is 61.7 Å². The molecule has 8 heteroatoms. The van der Waals surface area contributed by atoms with E-state index in [0.29, 0.717) is 34.8 Å². The Bertz CT molecular complexity index is 1520. The van der Waals surface area contributed by atoms with E-state index >= 15 is 0 Å². The van der Waals surface area contributed by atoms with Gasteiger partial charge in [-0.3, -0.25) is 4.79 Å². The minimum absolute atomic E-state index is 0.0157. The maximum absolute atomic E-state index is 13.7. The summed E-state index contributed by atoms with van der Waals surface area (Å²) in [5, 5.41) is 15.1. The number of nitrogens with one attached hydrogen (secondary N) is 2. The Kier molecular flexibility index (Phi) is 7.57. The van der Waals surface area contributed by atoms with E-state index in [0.717, 1.165) is 54.9 Å². The molecule has 0 saturated heterocycles. The number of hydrogen-bond acceptors (Lipinski definition) is 5.